The maximum atomic E-state index is 14.1. The summed E-state index contributed by atoms with van der Waals surface area (Å²) in [5, 5.41) is 3.43. The number of amides is 1. The molecule has 8 heteroatoms. The minimum Gasteiger partial charge on any atom is -0.345 e. The Morgan fingerprint density at radius 2 is 1.47 bits per heavy atom. The van der Waals surface area contributed by atoms with Crippen LogP contribution in [0, 0.1) is 5.82 Å². The van der Waals surface area contributed by atoms with Crippen LogP contribution in [-0.2, 0) is 10.0 Å². The lowest BCUT2D eigenvalue weighted by molar-refractivity contribution is 0.0827. The highest BCUT2D eigenvalue weighted by atomic mass is 32.2. The molecule has 3 saturated heterocycles. The molecule has 3 atom stereocenters. The van der Waals surface area contributed by atoms with Gasteiger partial charge in [0.15, 0.2) is 0 Å². The van der Waals surface area contributed by atoms with Crippen molar-refractivity contribution in [2.75, 3.05) is 27.2 Å². The van der Waals surface area contributed by atoms with Crippen molar-refractivity contribution in [2.24, 2.45) is 0 Å². The zero-order valence-electron chi connectivity index (χ0n) is 19.0. The minimum atomic E-state index is -3.87. The molecule has 1 amide bonds. The molecule has 0 aliphatic carbocycles. The predicted octanol–water partition coefficient (Wildman–Crippen LogP) is 3.32. The van der Waals surface area contributed by atoms with Gasteiger partial charge in [-0.3, -0.25) is 4.79 Å². The summed E-state index contributed by atoms with van der Waals surface area (Å²) in [6.45, 7) is 0.613. The van der Waals surface area contributed by atoms with Crippen molar-refractivity contribution in [1.29, 1.82) is 0 Å². The van der Waals surface area contributed by atoms with Crippen LogP contribution >= 0.6 is 0 Å². The molecule has 176 valence electrons. The van der Waals surface area contributed by atoms with Crippen LogP contribution in [0.1, 0.15) is 21.8 Å². The van der Waals surface area contributed by atoms with Crippen LogP contribution in [0.2, 0.25) is 0 Å². The largest absolute Gasteiger partial charge is 0.345 e. The van der Waals surface area contributed by atoms with Gasteiger partial charge in [0.2, 0.25) is 10.0 Å². The summed E-state index contributed by atoms with van der Waals surface area (Å²) in [4.78, 5) is 13.4. The number of piperidine rings is 1. The number of halogens is 1. The van der Waals surface area contributed by atoms with Crippen LogP contribution in [-0.4, -0.2) is 62.8 Å². The second kappa shape index (κ2) is 8.61. The number of rotatable bonds is 5. The van der Waals surface area contributed by atoms with E-state index in [0.717, 1.165) is 16.7 Å². The van der Waals surface area contributed by atoms with Crippen molar-refractivity contribution in [3.8, 4) is 11.1 Å². The lowest BCUT2D eigenvalue weighted by Gasteiger charge is -2.54. The van der Waals surface area contributed by atoms with E-state index >= 15 is 0 Å². The van der Waals surface area contributed by atoms with Crippen LogP contribution in [0.4, 0.5) is 4.39 Å². The molecule has 3 fully saturated rings. The third kappa shape index (κ3) is 3.91. The van der Waals surface area contributed by atoms with Gasteiger partial charge in [0.25, 0.3) is 5.91 Å². The summed E-state index contributed by atoms with van der Waals surface area (Å²) in [6, 6.07) is 21.3. The molecule has 6 rings (SSSR count). The summed E-state index contributed by atoms with van der Waals surface area (Å²) in [5.41, 5.74) is 3.87. The Hall–Kier alpha value is -3.07. The molecule has 3 aromatic carbocycles. The SMILES string of the molecule is CN(C)C(=O)c1ccc(-c2ccc(C3[C@@H]4CN(S(=O)(=O)c5ccccc5F)C[C@H]3N4)cc2)cc1. The molecule has 1 N–H and O–H groups in total. The number of carbonyl (C=O) groups is 1. The van der Waals surface area contributed by atoms with Gasteiger partial charge in [0, 0.05) is 50.7 Å². The van der Waals surface area contributed by atoms with E-state index in [9.17, 15) is 17.6 Å². The maximum Gasteiger partial charge on any atom is 0.253 e. The average molecular weight is 480 g/mol. The van der Waals surface area contributed by atoms with Crippen LogP contribution in [0.15, 0.2) is 77.7 Å². The number of nitrogens with zero attached hydrogens (tertiary/aromatic N) is 2. The van der Waals surface area contributed by atoms with Crippen LogP contribution < -0.4 is 5.32 Å². The number of piperazine rings is 1. The molecule has 1 unspecified atom stereocenters. The van der Waals surface area contributed by atoms with E-state index in [4.69, 9.17) is 0 Å². The molecule has 3 aliphatic heterocycles. The molecule has 2 bridgehead atoms. The lowest BCUT2D eigenvalue weighted by atomic mass is 9.75. The fourth-order valence-electron chi connectivity index (χ4n) is 4.91. The smallest absolute Gasteiger partial charge is 0.253 e. The summed E-state index contributed by atoms with van der Waals surface area (Å²) in [7, 11) is -0.407. The number of fused-ring (bicyclic) bond motifs is 2. The zero-order valence-corrected chi connectivity index (χ0v) is 19.8. The standard InChI is InChI=1S/C26H26FN3O3S/c1-29(2)26(31)20-13-9-18(10-14-20)17-7-11-19(12-8-17)25-22-15-30(16-23(25)28-22)34(32,33)24-6-4-3-5-21(24)27/h3-14,22-23,25,28H,15-16H2,1-2H3/t22-,23+,25?. The molecular weight excluding hydrogens is 453 g/mol. The van der Waals surface area contributed by atoms with Crippen LogP contribution in [0.25, 0.3) is 11.1 Å². The van der Waals surface area contributed by atoms with Crippen molar-refractivity contribution in [1.82, 2.24) is 14.5 Å². The normalized spacial score (nSPS) is 22.1. The van der Waals surface area contributed by atoms with Gasteiger partial charge in [-0.2, -0.15) is 4.31 Å². The van der Waals surface area contributed by atoms with E-state index in [-0.39, 0.29) is 28.8 Å². The van der Waals surface area contributed by atoms with Crippen LogP contribution in [0.3, 0.4) is 0 Å². The van der Waals surface area contributed by atoms with E-state index in [0.29, 0.717) is 18.7 Å². The number of nitrogens with one attached hydrogen (secondary N) is 1. The number of carbonyl (C=O) groups excluding carboxylic acids is 1. The molecule has 0 radical (unpaired) electrons. The van der Waals surface area contributed by atoms with Gasteiger partial charge in [0.1, 0.15) is 10.7 Å². The fourth-order valence-corrected chi connectivity index (χ4v) is 6.46. The van der Waals surface area contributed by atoms with Crippen molar-refractivity contribution in [3.05, 3.63) is 89.7 Å². The van der Waals surface area contributed by atoms with Crippen LogP contribution in [0.5, 0.6) is 0 Å². The average Bonchev–Trinajstić information content (AvgIpc) is 2.84. The van der Waals surface area contributed by atoms with Gasteiger partial charge in [0.05, 0.1) is 0 Å². The highest BCUT2D eigenvalue weighted by Crippen LogP contribution is 2.39. The maximum absolute atomic E-state index is 14.1. The highest BCUT2D eigenvalue weighted by molar-refractivity contribution is 7.89. The molecule has 3 aromatic rings. The quantitative estimate of drug-likeness (QED) is 0.610. The summed E-state index contributed by atoms with van der Waals surface area (Å²) >= 11 is 0. The van der Waals surface area contributed by atoms with Crippen molar-refractivity contribution >= 4 is 15.9 Å². The number of hydrogen-bond donors (Lipinski definition) is 1. The first-order valence-corrected chi connectivity index (χ1v) is 12.6. The molecule has 0 saturated carbocycles. The van der Waals surface area contributed by atoms with E-state index < -0.39 is 15.8 Å². The van der Waals surface area contributed by atoms with E-state index in [1.54, 1.807) is 19.0 Å². The van der Waals surface area contributed by atoms with Gasteiger partial charge >= 0.3 is 0 Å². The number of benzene rings is 3. The predicted molar refractivity (Wildman–Crippen MR) is 129 cm³/mol. The minimum absolute atomic E-state index is 0.0116. The molecule has 34 heavy (non-hydrogen) atoms. The van der Waals surface area contributed by atoms with E-state index in [2.05, 4.69) is 29.6 Å². The second-order valence-electron chi connectivity index (χ2n) is 9.06. The Labute approximate surface area is 199 Å². The van der Waals surface area contributed by atoms with E-state index in [1.807, 2.05) is 24.3 Å². The Balaban J connectivity index is 1.29. The zero-order chi connectivity index (χ0) is 24.0. The molecule has 3 heterocycles. The molecule has 6 nitrogen and oxygen atoms in total. The Bertz CT molecular complexity index is 1310. The number of sulfonamides is 1. The Morgan fingerprint density at radius 1 is 0.912 bits per heavy atom. The van der Waals surface area contributed by atoms with Gasteiger partial charge in [-0.05, 0) is 41.0 Å². The number of hydrogen-bond acceptors (Lipinski definition) is 4. The third-order valence-electron chi connectivity index (χ3n) is 6.72. The van der Waals surface area contributed by atoms with Gasteiger partial charge < -0.3 is 10.2 Å². The lowest BCUT2D eigenvalue weighted by Crippen LogP contribution is -2.72. The molecule has 0 aromatic heterocycles. The van der Waals surface area contributed by atoms with Crippen molar-refractivity contribution in [2.45, 2.75) is 22.9 Å². The van der Waals surface area contributed by atoms with Crippen molar-refractivity contribution < 1.29 is 17.6 Å². The summed E-state index contributed by atoms with van der Waals surface area (Å²) < 4.78 is 41.4. The third-order valence-corrected chi connectivity index (χ3v) is 8.58. The fraction of sp³-hybridized carbons (Fsp3) is 0.269. The first-order valence-electron chi connectivity index (χ1n) is 11.2. The Morgan fingerprint density at radius 3 is 2.03 bits per heavy atom. The summed E-state index contributed by atoms with van der Waals surface area (Å²) in [6.07, 6.45) is 0. The van der Waals surface area contributed by atoms with Crippen molar-refractivity contribution in [3.63, 3.8) is 0 Å². The second-order valence-corrected chi connectivity index (χ2v) is 11.0. The topological polar surface area (TPSA) is 69.7 Å². The Kier molecular flexibility index (Phi) is 5.75. The first-order chi connectivity index (χ1) is 16.3. The van der Waals surface area contributed by atoms with Gasteiger partial charge in [-0.25, -0.2) is 12.8 Å². The summed E-state index contributed by atoms with van der Waals surface area (Å²) in [5.74, 6) is -0.542. The highest BCUT2D eigenvalue weighted by Gasteiger charge is 2.50. The van der Waals surface area contributed by atoms with Gasteiger partial charge in [-0.1, -0.05) is 48.5 Å². The van der Waals surface area contributed by atoms with E-state index in [1.165, 1.54) is 28.6 Å². The molecule has 0 spiro atoms. The van der Waals surface area contributed by atoms with Gasteiger partial charge in [-0.15, -0.1) is 0 Å². The first kappa shape index (κ1) is 22.7. The monoisotopic (exact) mass is 479 g/mol. The molecular formula is C26H26FN3O3S. The molecule has 3 aliphatic rings.